The van der Waals surface area contributed by atoms with Gasteiger partial charge in [0.25, 0.3) is 20.2 Å². The van der Waals surface area contributed by atoms with Gasteiger partial charge in [0.15, 0.2) is 0 Å². The van der Waals surface area contributed by atoms with Gasteiger partial charge < -0.3 is 10.6 Å². The first kappa shape index (κ1) is 22.3. The molecule has 0 bridgehead atoms. The smallest absolute Gasteiger partial charge is 0.294 e. The molecule has 0 unspecified atom stereocenters. The van der Waals surface area contributed by atoms with Crippen molar-refractivity contribution >= 4 is 67.0 Å². The van der Waals surface area contributed by atoms with Crippen LogP contribution >= 0.6 is 24.4 Å². The molecule has 0 atom stereocenters. The Morgan fingerprint density at radius 3 is 1.39 bits per heavy atom. The Kier molecular flexibility index (Phi) is 7.20. The van der Waals surface area contributed by atoms with Gasteiger partial charge in [0.1, 0.15) is 0 Å². The summed E-state index contributed by atoms with van der Waals surface area (Å²) in [5.74, 6) is 0. The molecule has 0 fully saturated rings. The fraction of sp³-hybridized carbons (Fsp3) is 0.125. The Morgan fingerprint density at radius 2 is 1.11 bits per heavy atom. The summed E-state index contributed by atoms with van der Waals surface area (Å²) in [6.07, 6.45) is 0.185. The predicted molar refractivity (Wildman–Crippen MR) is 114 cm³/mol. The SMILES string of the molecule is O=S(=O)(O)c1cc(NC=S)ccc1CCc1ccc(NC=S)cc1S(=O)(=O)O. The van der Waals surface area contributed by atoms with Gasteiger partial charge in [-0.3, -0.25) is 9.11 Å². The molecule has 0 spiro atoms. The highest BCUT2D eigenvalue weighted by Gasteiger charge is 2.19. The fourth-order valence-electron chi connectivity index (χ4n) is 2.59. The van der Waals surface area contributed by atoms with E-state index in [2.05, 4.69) is 35.1 Å². The molecule has 0 aromatic heterocycles. The van der Waals surface area contributed by atoms with E-state index in [1.54, 1.807) is 12.1 Å². The lowest BCUT2D eigenvalue weighted by Gasteiger charge is -2.12. The van der Waals surface area contributed by atoms with Crippen LogP contribution in [0.5, 0.6) is 0 Å². The van der Waals surface area contributed by atoms with E-state index in [0.717, 1.165) is 0 Å². The van der Waals surface area contributed by atoms with E-state index in [1.165, 1.54) is 35.2 Å². The lowest BCUT2D eigenvalue weighted by molar-refractivity contribution is 0.479. The average molecular weight is 461 g/mol. The van der Waals surface area contributed by atoms with Crippen LogP contribution in [0.2, 0.25) is 0 Å². The first-order valence-electron chi connectivity index (χ1n) is 7.67. The zero-order valence-corrected chi connectivity index (χ0v) is 17.5. The molecular formula is C16H16N2O6S4. The zero-order chi connectivity index (χ0) is 20.9. The molecule has 2 aromatic rings. The summed E-state index contributed by atoms with van der Waals surface area (Å²) >= 11 is 9.31. The normalized spacial score (nSPS) is 11.6. The van der Waals surface area contributed by atoms with Crippen molar-refractivity contribution in [2.45, 2.75) is 22.6 Å². The van der Waals surface area contributed by atoms with Gasteiger partial charge in [-0.1, -0.05) is 36.6 Å². The monoisotopic (exact) mass is 460 g/mol. The van der Waals surface area contributed by atoms with E-state index in [4.69, 9.17) is 0 Å². The lowest BCUT2D eigenvalue weighted by atomic mass is 10.0. The van der Waals surface area contributed by atoms with E-state index < -0.39 is 20.2 Å². The Hall–Kier alpha value is -1.96. The quantitative estimate of drug-likeness (QED) is 0.327. The number of thiocarbonyl (C=S) groups is 2. The van der Waals surface area contributed by atoms with Crippen molar-refractivity contribution in [3.63, 3.8) is 0 Å². The highest BCUT2D eigenvalue weighted by Crippen LogP contribution is 2.25. The summed E-state index contributed by atoms with van der Waals surface area (Å²) < 4.78 is 65.8. The molecule has 0 saturated heterocycles. The van der Waals surface area contributed by atoms with Crippen molar-refractivity contribution in [3.05, 3.63) is 47.5 Å². The second kappa shape index (κ2) is 9.03. The van der Waals surface area contributed by atoms with Crippen molar-refractivity contribution in [1.82, 2.24) is 0 Å². The maximum Gasteiger partial charge on any atom is 0.294 e. The molecule has 28 heavy (non-hydrogen) atoms. The molecule has 8 nitrogen and oxygen atoms in total. The van der Waals surface area contributed by atoms with E-state index in [-0.39, 0.29) is 33.8 Å². The minimum Gasteiger partial charge on any atom is -0.353 e. The van der Waals surface area contributed by atoms with Gasteiger partial charge in [-0.2, -0.15) is 16.8 Å². The highest BCUT2D eigenvalue weighted by atomic mass is 32.2. The molecule has 2 rings (SSSR count). The Balaban J connectivity index is 2.41. The van der Waals surface area contributed by atoms with Gasteiger partial charge in [-0.15, -0.1) is 0 Å². The van der Waals surface area contributed by atoms with E-state index in [9.17, 15) is 25.9 Å². The van der Waals surface area contributed by atoms with Gasteiger partial charge in [-0.05, 0) is 48.2 Å². The van der Waals surface area contributed by atoms with Crippen molar-refractivity contribution in [3.8, 4) is 0 Å². The Bertz CT molecular complexity index is 1020. The molecule has 0 aliphatic rings. The van der Waals surface area contributed by atoms with Crippen LogP contribution < -0.4 is 10.6 Å². The van der Waals surface area contributed by atoms with Gasteiger partial charge in [0, 0.05) is 11.4 Å². The molecule has 4 N–H and O–H groups in total. The standard InChI is InChI=1S/C16H16N2O6S4/c19-27(20,21)15-7-13(17-9-25)5-3-11(15)1-2-12-4-6-14(18-10-26)8-16(12)28(22,23)24/h3-10H,1-2H2,(H,17,25)(H,18,26)(H,19,20,21)(H,22,23,24). The van der Waals surface area contributed by atoms with Crippen molar-refractivity contribution in [2.75, 3.05) is 10.6 Å². The maximum absolute atomic E-state index is 11.7. The van der Waals surface area contributed by atoms with Gasteiger partial charge in [0.2, 0.25) is 0 Å². The van der Waals surface area contributed by atoms with E-state index in [1.807, 2.05) is 0 Å². The molecule has 0 aliphatic carbocycles. The van der Waals surface area contributed by atoms with Gasteiger partial charge in [0.05, 0.1) is 20.8 Å². The third-order valence-corrected chi connectivity index (χ3v) is 5.91. The second-order valence-electron chi connectivity index (χ2n) is 5.62. The molecule has 0 heterocycles. The first-order valence-corrected chi connectivity index (χ1v) is 11.5. The summed E-state index contributed by atoms with van der Waals surface area (Å²) in [5, 5.41) is 5.30. The Morgan fingerprint density at radius 1 is 0.750 bits per heavy atom. The van der Waals surface area contributed by atoms with E-state index >= 15 is 0 Å². The molecule has 2 aromatic carbocycles. The number of anilines is 2. The maximum atomic E-state index is 11.7. The van der Waals surface area contributed by atoms with Crippen LogP contribution in [-0.4, -0.2) is 36.9 Å². The first-order chi connectivity index (χ1) is 13.1. The largest absolute Gasteiger partial charge is 0.353 e. The van der Waals surface area contributed by atoms with Crippen molar-refractivity contribution in [1.29, 1.82) is 0 Å². The number of hydrogen-bond acceptors (Lipinski definition) is 6. The number of hydrogen-bond donors (Lipinski definition) is 4. The van der Waals surface area contributed by atoms with Crippen LogP contribution in [0.3, 0.4) is 0 Å². The highest BCUT2D eigenvalue weighted by molar-refractivity contribution is 7.86. The summed E-state index contributed by atoms with van der Waals surface area (Å²) in [6.45, 7) is 0. The molecule has 0 aliphatic heterocycles. The lowest BCUT2D eigenvalue weighted by Crippen LogP contribution is -2.08. The Labute approximate surface area is 173 Å². The summed E-state index contributed by atoms with van der Waals surface area (Å²) in [6, 6.07) is 8.57. The summed E-state index contributed by atoms with van der Waals surface area (Å²) in [5.41, 5.74) is 3.69. The zero-order valence-electron chi connectivity index (χ0n) is 14.2. The fourth-order valence-corrected chi connectivity index (χ4v) is 4.41. The molecule has 150 valence electrons. The molecule has 0 saturated carbocycles. The molecule has 12 heteroatoms. The van der Waals surface area contributed by atoms with Crippen LogP contribution in [0.15, 0.2) is 46.2 Å². The van der Waals surface area contributed by atoms with Crippen LogP contribution in [0, 0.1) is 0 Å². The summed E-state index contributed by atoms with van der Waals surface area (Å²) in [4.78, 5) is -0.636. The van der Waals surface area contributed by atoms with Crippen molar-refractivity contribution in [2.24, 2.45) is 0 Å². The molecule has 0 radical (unpaired) electrons. The topological polar surface area (TPSA) is 133 Å². The second-order valence-corrected chi connectivity index (χ2v) is 8.87. The third kappa shape index (κ3) is 5.77. The minimum absolute atomic E-state index is 0.0927. The average Bonchev–Trinajstić information content (AvgIpc) is 2.60. The minimum atomic E-state index is -4.51. The molecular weight excluding hydrogens is 444 g/mol. The predicted octanol–water partition coefficient (Wildman–Crippen LogP) is 2.70. The third-order valence-electron chi connectivity index (χ3n) is 3.80. The van der Waals surface area contributed by atoms with Crippen molar-refractivity contribution < 1.29 is 25.9 Å². The van der Waals surface area contributed by atoms with E-state index in [0.29, 0.717) is 11.4 Å². The van der Waals surface area contributed by atoms with Gasteiger partial charge >= 0.3 is 0 Å². The van der Waals surface area contributed by atoms with Crippen LogP contribution in [0.25, 0.3) is 0 Å². The number of rotatable bonds is 9. The molecule has 0 amide bonds. The number of nitrogens with one attached hydrogen (secondary N) is 2. The summed E-state index contributed by atoms with van der Waals surface area (Å²) in [7, 11) is -9.03. The van der Waals surface area contributed by atoms with Crippen LogP contribution in [-0.2, 0) is 33.1 Å². The number of aryl methyl sites for hydroxylation is 2. The van der Waals surface area contributed by atoms with Crippen LogP contribution in [0.1, 0.15) is 11.1 Å². The van der Waals surface area contributed by atoms with Crippen LogP contribution in [0.4, 0.5) is 11.4 Å². The number of benzene rings is 2. The van der Waals surface area contributed by atoms with Gasteiger partial charge in [-0.25, -0.2) is 0 Å².